The number of nitrogens with zero attached hydrogens (tertiary/aromatic N) is 9. The third-order valence-corrected chi connectivity index (χ3v) is 16.6. The Balaban J connectivity index is 0.000000134. The molecule has 414 valence electrons. The highest BCUT2D eigenvalue weighted by molar-refractivity contribution is 7.93. The van der Waals surface area contributed by atoms with Gasteiger partial charge >= 0.3 is 13.0 Å². The number of alkyl halides is 5. The highest BCUT2D eigenvalue weighted by Gasteiger charge is 2.33. The van der Waals surface area contributed by atoms with Gasteiger partial charge < -0.3 is 9.47 Å². The first-order valence-electron chi connectivity index (χ1n) is 24.5. The zero-order chi connectivity index (χ0) is 56.1. The SMILES string of the molecule is CC(C)(C)c1cccc(S(=O)(=O)Nc2ccnc3cc(C4CC4)nn23)c1.O=S(=O)(Nc1ccnc2cc(C3CC3)nn12)c1ccc(OC(F)F)cc1.O=S(=O)(Nc1ccnc2cc(C3CC3)nn12)c1cccc(OC(F)(F)F)c1. The van der Waals surface area contributed by atoms with Crippen molar-refractivity contribution in [3.8, 4) is 11.5 Å². The van der Waals surface area contributed by atoms with Crippen LogP contribution in [0.5, 0.6) is 11.5 Å². The second-order valence-electron chi connectivity index (χ2n) is 19.8. The van der Waals surface area contributed by atoms with E-state index in [4.69, 9.17) is 0 Å². The smallest absolute Gasteiger partial charge is 0.435 e. The Morgan fingerprint density at radius 2 is 0.899 bits per heavy atom. The van der Waals surface area contributed by atoms with Crippen LogP contribution in [0, 0.1) is 0 Å². The van der Waals surface area contributed by atoms with E-state index < -0.39 is 48.8 Å². The van der Waals surface area contributed by atoms with Crippen molar-refractivity contribution in [2.75, 3.05) is 14.2 Å². The number of aromatic nitrogens is 9. The predicted molar refractivity (Wildman–Crippen MR) is 279 cm³/mol. The van der Waals surface area contributed by atoms with Crippen LogP contribution in [0.4, 0.5) is 39.4 Å². The molecule has 0 saturated heterocycles. The summed E-state index contributed by atoms with van der Waals surface area (Å²) in [5, 5.41) is 13.3. The third-order valence-electron chi connectivity index (χ3n) is 12.6. The van der Waals surface area contributed by atoms with Crippen molar-refractivity contribution in [2.24, 2.45) is 0 Å². The van der Waals surface area contributed by atoms with Gasteiger partial charge in [0.25, 0.3) is 30.1 Å². The van der Waals surface area contributed by atoms with Crippen LogP contribution < -0.4 is 23.6 Å². The van der Waals surface area contributed by atoms with Crippen LogP contribution in [-0.4, -0.2) is 82.0 Å². The molecule has 6 heterocycles. The molecule has 3 saturated carbocycles. The van der Waals surface area contributed by atoms with Gasteiger partial charge in [0.05, 0.1) is 31.8 Å². The molecule has 0 atom stereocenters. The summed E-state index contributed by atoms with van der Waals surface area (Å²) in [4.78, 5) is 12.4. The van der Waals surface area contributed by atoms with E-state index in [0.717, 1.165) is 79.4 Å². The number of nitrogens with one attached hydrogen (secondary N) is 3. The lowest BCUT2D eigenvalue weighted by Crippen LogP contribution is -2.18. The Kier molecular flexibility index (Phi) is 14.5. The molecule has 9 aromatic rings. The Labute approximate surface area is 449 Å². The van der Waals surface area contributed by atoms with E-state index in [1.54, 1.807) is 41.0 Å². The lowest BCUT2D eigenvalue weighted by atomic mass is 9.87. The summed E-state index contributed by atoms with van der Waals surface area (Å²) >= 11 is 0. The molecule has 12 rings (SSSR count). The van der Waals surface area contributed by atoms with Crippen LogP contribution in [0.15, 0.2) is 142 Å². The first-order valence-corrected chi connectivity index (χ1v) is 29.0. The van der Waals surface area contributed by atoms with Gasteiger partial charge in [-0.15, -0.1) is 13.2 Å². The number of anilines is 3. The molecule has 20 nitrogen and oxygen atoms in total. The van der Waals surface area contributed by atoms with Gasteiger partial charge in [0, 0.05) is 60.6 Å². The number of fused-ring (bicyclic) bond motifs is 3. The molecule has 3 aromatic carbocycles. The zero-order valence-electron chi connectivity index (χ0n) is 42.1. The molecule has 3 N–H and O–H groups in total. The van der Waals surface area contributed by atoms with E-state index in [9.17, 15) is 47.2 Å². The van der Waals surface area contributed by atoms with Crippen molar-refractivity contribution in [3.63, 3.8) is 0 Å². The summed E-state index contributed by atoms with van der Waals surface area (Å²) in [5.74, 6) is 1.26. The maximum Gasteiger partial charge on any atom is 0.573 e. The van der Waals surface area contributed by atoms with Crippen molar-refractivity contribution in [2.45, 2.75) is 110 Å². The minimum Gasteiger partial charge on any atom is -0.435 e. The molecule has 3 fully saturated rings. The largest absolute Gasteiger partial charge is 0.573 e. The number of hydrogen-bond donors (Lipinski definition) is 3. The second kappa shape index (κ2) is 21.0. The first-order chi connectivity index (χ1) is 37.4. The highest BCUT2D eigenvalue weighted by atomic mass is 32.2. The summed E-state index contributed by atoms with van der Waals surface area (Å²) in [6.07, 6.45) is 6.04. The third kappa shape index (κ3) is 13.1. The number of rotatable bonds is 15. The zero-order valence-corrected chi connectivity index (χ0v) is 44.5. The van der Waals surface area contributed by atoms with Gasteiger partial charge in [-0.3, -0.25) is 14.2 Å². The van der Waals surface area contributed by atoms with E-state index in [2.05, 4.69) is 74.7 Å². The number of ether oxygens (including phenoxy) is 2. The predicted octanol–water partition coefficient (Wildman–Crippen LogP) is 10.0. The van der Waals surface area contributed by atoms with Crippen LogP contribution in [0.25, 0.3) is 16.9 Å². The topological polar surface area (TPSA) is 248 Å². The fourth-order valence-corrected chi connectivity index (χ4v) is 11.3. The normalized spacial score (nSPS) is 15.1. The van der Waals surface area contributed by atoms with Crippen LogP contribution in [-0.2, 0) is 35.5 Å². The lowest BCUT2D eigenvalue weighted by molar-refractivity contribution is -0.274. The summed E-state index contributed by atoms with van der Waals surface area (Å²) in [6, 6.07) is 26.0. The van der Waals surface area contributed by atoms with E-state index >= 15 is 0 Å². The van der Waals surface area contributed by atoms with Gasteiger partial charge in [-0.25, -0.2) is 40.2 Å². The number of benzene rings is 3. The molecule has 0 aliphatic heterocycles. The van der Waals surface area contributed by atoms with Crippen LogP contribution >= 0.6 is 0 Å². The van der Waals surface area contributed by atoms with Crippen molar-refractivity contribution >= 4 is 64.5 Å². The molecule has 0 amide bonds. The molecular formula is C51H49F5N12O8S3. The molecule has 0 unspecified atom stereocenters. The quantitative estimate of drug-likeness (QED) is 0.0809. The maximum absolute atomic E-state index is 12.9. The Hall–Kier alpha value is -7.98. The lowest BCUT2D eigenvalue weighted by Gasteiger charge is -2.20. The van der Waals surface area contributed by atoms with Crippen LogP contribution in [0.1, 0.15) is 99.7 Å². The van der Waals surface area contributed by atoms with Crippen molar-refractivity contribution in [3.05, 3.63) is 150 Å². The molecular weight excluding hydrogens is 1100 g/mol. The average Bonchev–Trinajstić information content (AvgIpc) is 4.39. The molecule has 0 radical (unpaired) electrons. The van der Waals surface area contributed by atoms with Crippen molar-refractivity contribution in [1.29, 1.82) is 0 Å². The number of sulfonamides is 3. The van der Waals surface area contributed by atoms with Crippen molar-refractivity contribution in [1.82, 2.24) is 43.8 Å². The molecule has 3 aliphatic rings. The summed E-state index contributed by atoms with van der Waals surface area (Å²) in [6.45, 7) is 3.20. The van der Waals surface area contributed by atoms with Crippen LogP contribution in [0.2, 0.25) is 0 Å². The molecule has 6 aromatic heterocycles. The van der Waals surface area contributed by atoms with E-state index in [1.807, 2.05) is 18.2 Å². The Morgan fingerprint density at radius 1 is 0.506 bits per heavy atom. The Morgan fingerprint density at radius 3 is 1.28 bits per heavy atom. The van der Waals surface area contributed by atoms with Gasteiger partial charge in [-0.05, 0) is 116 Å². The van der Waals surface area contributed by atoms with E-state index in [0.29, 0.717) is 40.5 Å². The van der Waals surface area contributed by atoms with Gasteiger partial charge in [0.15, 0.2) is 16.9 Å². The van der Waals surface area contributed by atoms with E-state index in [1.165, 1.54) is 63.9 Å². The average molecular weight is 1150 g/mol. The standard InChI is InChI=1S/C19H22N4O2S.C16H13F3N4O3S.C16H14F2N4O3S/c1-19(2,3)14-5-4-6-15(11-14)26(24,25)22-17-9-10-20-18-12-16(13-7-8-13)21-23(17)18;17-16(18,19)26-11-2-1-3-12(8-11)27(24,25)22-14-6-7-20-15-9-13(10-4-5-10)21-23(14)15;17-16(18)25-11-3-5-12(6-4-11)26(23,24)21-14-7-8-19-15-9-13(10-1-2-10)20-22(14)15/h4-6,9-13,22H,7-8H2,1-3H3;1-3,6-10,22H,4-5H2;3-10,16,21H,1-2H2. The number of hydrogen-bond acceptors (Lipinski definition) is 14. The fourth-order valence-electron chi connectivity index (χ4n) is 8.06. The second-order valence-corrected chi connectivity index (χ2v) is 24.8. The van der Waals surface area contributed by atoms with Gasteiger partial charge in [0.1, 0.15) is 29.0 Å². The minimum absolute atomic E-state index is 0.0846. The summed E-state index contributed by atoms with van der Waals surface area (Å²) in [7, 11) is -11.8. The maximum atomic E-state index is 12.9. The van der Waals surface area contributed by atoms with Crippen LogP contribution in [0.3, 0.4) is 0 Å². The minimum atomic E-state index is -4.92. The monoisotopic (exact) mass is 1150 g/mol. The molecule has 79 heavy (non-hydrogen) atoms. The first kappa shape index (κ1) is 54.4. The molecule has 0 spiro atoms. The molecule has 3 aliphatic carbocycles. The summed E-state index contributed by atoms with van der Waals surface area (Å²) in [5.41, 5.74) is 5.20. The molecule has 28 heteroatoms. The van der Waals surface area contributed by atoms with Crippen molar-refractivity contribution < 1.29 is 56.7 Å². The molecule has 0 bridgehead atoms. The number of halogens is 5. The Bertz CT molecular complexity index is 4070. The van der Waals surface area contributed by atoms with Gasteiger partial charge in [-0.2, -0.15) is 37.6 Å². The highest BCUT2D eigenvalue weighted by Crippen LogP contribution is 2.41. The summed E-state index contributed by atoms with van der Waals surface area (Å²) < 4.78 is 157. The van der Waals surface area contributed by atoms with Gasteiger partial charge in [0.2, 0.25) is 0 Å². The van der Waals surface area contributed by atoms with Gasteiger partial charge in [-0.1, -0.05) is 39.0 Å². The van der Waals surface area contributed by atoms with E-state index in [-0.39, 0.29) is 37.5 Å². The fraction of sp³-hybridized carbons (Fsp3) is 0.294.